The lowest BCUT2D eigenvalue weighted by atomic mass is 10.1. The smallest absolute Gasteiger partial charge is 0.320 e. The van der Waals surface area contributed by atoms with Gasteiger partial charge in [-0.25, -0.2) is 0 Å². The minimum absolute atomic E-state index is 0.159. The normalized spacial score (nSPS) is 21.8. The summed E-state index contributed by atoms with van der Waals surface area (Å²) in [4.78, 5) is 11.0. The average molecular weight is 256 g/mol. The Morgan fingerprint density at radius 3 is 3.07 bits per heavy atom. The van der Waals surface area contributed by atoms with E-state index in [1.165, 1.54) is 0 Å². The molecule has 1 N–H and O–H groups in total. The van der Waals surface area contributed by atoms with E-state index in [2.05, 4.69) is 21.2 Å². The van der Waals surface area contributed by atoms with Gasteiger partial charge in [-0.2, -0.15) is 0 Å². The van der Waals surface area contributed by atoms with E-state index in [4.69, 9.17) is 4.74 Å². The van der Waals surface area contributed by atoms with Crippen molar-refractivity contribution in [2.75, 3.05) is 13.1 Å². The number of halogens is 1. The first-order chi connectivity index (χ1) is 6.75. The third-order valence-electron chi connectivity index (χ3n) is 2.09. The SMILES string of the molecule is O=C1CNCC(c2cccc(Br)c2)O1. The van der Waals surface area contributed by atoms with Gasteiger partial charge in [-0.05, 0) is 17.7 Å². The van der Waals surface area contributed by atoms with Crippen molar-refractivity contribution in [3.05, 3.63) is 34.3 Å². The summed E-state index contributed by atoms with van der Waals surface area (Å²) in [7, 11) is 0. The molecule has 4 heteroatoms. The van der Waals surface area contributed by atoms with Crippen LogP contribution in [-0.4, -0.2) is 19.1 Å². The number of rotatable bonds is 1. The minimum Gasteiger partial charge on any atom is -0.455 e. The van der Waals surface area contributed by atoms with Gasteiger partial charge in [0.25, 0.3) is 0 Å². The Bertz CT molecular complexity index is 354. The first kappa shape index (κ1) is 9.68. The number of ether oxygens (including phenoxy) is 1. The topological polar surface area (TPSA) is 38.3 Å². The highest BCUT2D eigenvalue weighted by atomic mass is 79.9. The highest BCUT2D eigenvalue weighted by Crippen LogP contribution is 2.22. The van der Waals surface area contributed by atoms with Crippen molar-refractivity contribution in [3.63, 3.8) is 0 Å². The molecule has 0 amide bonds. The molecule has 3 nitrogen and oxygen atoms in total. The van der Waals surface area contributed by atoms with Crippen molar-refractivity contribution in [1.82, 2.24) is 5.32 Å². The van der Waals surface area contributed by atoms with Gasteiger partial charge in [0, 0.05) is 11.0 Å². The molecule has 1 aromatic rings. The molecule has 1 fully saturated rings. The summed E-state index contributed by atoms with van der Waals surface area (Å²) >= 11 is 3.38. The third kappa shape index (κ3) is 2.13. The molecular weight excluding hydrogens is 246 g/mol. The lowest BCUT2D eigenvalue weighted by Gasteiger charge is -2.23. The molecular formula is C10H10BrNO2. The van der Waals surface area contributed by atoms with Crippen molar-refractivity contribution < 1.29 is 9.53 Å². The predicted octanol–water partition coefficient (Wildman–Crippen LogP) is 1.64. The van der Waals surface area contributed by atoms with E-state index in [0.717, 1.165) is 10.0 Å². The molecule has 1 unspecified atom stereocenters. The number of carbonyl (C=O) groups excluding carboxylic acids is 1. The molecule has 0 aliphatic carbocycles. The van der Waals surface area contributed by atoms with Gasteiger partial charge >= 0.3 is 5.97 Å². The number of hydrogen-bond acceptors (Lipinski definition) is 3. The molecule has 1 aromatic carbocycles. The van der Waals surface area contributed by atoms with Gasteiger partial charge < -0.3 is 10.1 Å². The van der Waals surface area contributed by atoms with Crippen LogP contribution in [0.5, 0.6) is 0 Å². The predicted molar refractivity (Wildman–Crippen MR) is 55.8 cm³/mol. The van der Waals surface area contributed by atoms with Gasteiger partial charge in [0.1, 0.15) is 6.10 Å². The molecule has 0 aromatic heterocycles. The van der Waals surface area contributed by atoms with E-state index in [1.54, 1.807) is 0 Å². The van der Waals surface area contributed by atoms with E-state index >= 15 is 0 Å². The van der Waals surface area contributed by atoms with E-state index in [-0.39, 0.29) is 12.1 Å². The van der Waals surface area contributed by atoms with Gasteiger partial charge in [0.15, 0.2) is 0 Å². The summed E-state index contributed by atoms with van der Waals surface area (Å²) in [5, 5.41) is 3.01. The maximum absolute atomic E-state index is 11.0. The largest absolute Gasteiger partial charge is 0.455 e. The first-order valence-corrected chi connectivity index (χ1v) is 5.20. The van der Waals surface area contributed by atoms with Crippen molar-refractivity contribution >= 4 is 21.9 Å². The Hall–Kier alpha value is -0.870. The van der Waals surface area contributed by atoms with Crippen LogP contribution in [0.2, 0.25) is 0 Å². The maximum Gasteiger partial charge on any atom is 0.320 e. The Kier molecular flexibility index (Phi) is 2.84. The van der Waals surface area contributed by atoms with Crippen LogP contribution in [0.25, 0.3) is 0 Å². The second-order valence-electron chi connectivity index (χ2n) is 3.16. The zero-order chi connectivity index (χ0) is 9.97. The van der Waals surface area contributed by atoms with Crippen LogP contribution >= 0.6 is 15.9 Å². The molecule has 1 aliphatic rings. The van der Waals surface area contributed by atoms with Gasteiger partial charge in [0.05, 0.1) is 6.54 Å². The summed E-state index contributed by atoms with van der Waals surface area (Å²) in [6, 6.07) is 7.80. The number of morpholine rings is 1. The summed E-state index contributed by atoms with van der Waals surface area (Å²) in [6.45, 7) is 0.993. The third-order valence-corrected chi connectivity index (χ3v) is 2.59. The molecule has 0 bridgehead atoms. The van der Waals surface area contributed by atoms with E-state index in [9.17, 15) is 4.79 Å². The fourth-order valence-electron chi connectivity index (χ4n) is 1.44. The molecule has 0 radical (unpaired) electrons. The fraction of sp³-hybridized carbons (Fsp3) is 0.300. The van der Waals surface area contributed by atoms with Gasteiger partial charge in [-0.15, -0.1) is 0 Å². The van der Waals surface area contributed by atoms with Gasteiger partial charge in [-0.1, -0.05) is 28.1 Å². The molecule has 0 spiro atoms. The Morgan fingerprint density at radius 1 is 1.50 bits per heavy atom. The average Bonchev–Trinajstić information content (AvgIpc) is 2.18. The molecule has 0 saturated carbocycles. The Labute approximate surface area is 90.6 Å². The minimum atomic E-state index is -0.193. The van der Waals surface area contributed by atoms with E-state index in [1.807, 2.05) is 24.3 Å². The van der Waals surface area contributed by atoms with Crippen LogP contribution in [0, 0.1) is 0 Å². The molecule has 1 aliphatic heterocycles. The van der Waals surface area contributed by atoms with Crippen molar-refractivity contribution in [1.29, 1.82) is 0 Å². The monoisotopic (exact) mass is 255 g/mol. The van der Waals surface area contributed by atoms with E-state index < -0.39 is 0 Å². The van der Waals surface area contributed by atoms with E-state index in [0.29, 0.717) is 13.1 Å². The Balaban J connectivity index is 2.17. The standard InChI is InChI=1S/C10H10BrNO2/c11-8-3-1-2-7(4-8)9-5-12-6-10(13)14-9/h1-4,9,12H,5-6H2. The highest BCUT2D eigenvalue weighted by Gasteiger charge is 2.21. The quantitative estimate of drug-likeness (QED) is 0.776. The molecule has 2 rings (SSSR count). The lowest BCUT2D eigenvalue weighted by molar-refractivity contribution is -0.151. The zero-order valence-corrected chi connectivity index (χ0v) is 9.08. The summed E-state index contributed by atoms with van der Waals surface area (Å²) in [6.07, 6.45) is -0.159. The maximum atomic E-state index is 11.0. The van der Waals surface area contributed by atoms with Gasteiger partial charge in [-0.3, -0.25) is 4.79 Å². The number of hydrogen-bond donors (Lipinski definition) is 1. The highest BCUT2D eigenvalue weighted by molar-refractivity contribution is 9.10. The number of cyclic esters (lactones) is 1. The molecule has 74 valence electrons. The van der Waals surface area contributed by atoms with Crippen molar-refractivity contribution in [3.8, 4) is 0 Å². The van der Waals surface area contributed by atoms with Crippen LogP contribution in [0.15, 0.2) is 28.7 Å². The number of carbonyl (C=O) groups is 1. The molecule has 14 heavy (non-hydrogen) atoms. The Morgan fingerprint density at radius 2 is 2.36 bits per heavy atom. The van der Waals surface area contributed by atoms with Crippen molar-refractivity contribution in [2.45, 2.75) is 6.10 Å². The number of nitrogens with one attached hydrogen (secondary N) is 1. The second-order valence-corrected chi connectivity index (χ2v) is 4.08. The summed E-state index contributed by atoms with van der Waals surface area (Å²) in [5.74, 6) is -0.193. The molecule has 1 heterocycles. The second kappa shape index (κ2) is 4.11. The first-order valence-electron chi connectivity index (χ1n) is 4.41. The number of esters is 1. The van der Waals surface area contributed by atoms with Crippen LogP contribution in [0.4, 0.5) is 0 Å². The fourth-order valence-corrected chi connectivity index (χ4v) is 1.86. The zero-order valence-electron chi connectivity index (χ0n) is 7.50. The molecule has 1 atom stereocenters. The van der Waals surface area contributed by atoms with Gasteiger partial charge in [0.2, 0.25) is 0 Å². The van der Waals surface area contributed by atoms with Crippen LogP contribution in [0.3, 0.4) is 0 Å². The van der Waals surface area contributed by atoms with Crippen LogP contribution in [0.1, 0.15) is 11.7 Å². The van der Waals surface area contributed by atoms with Crippen LogP contribution in [-0.2, 0) is 9.53 Å². The van der Waals surface area contributed by atoms with Crippen molar-refractivity contribution in [2.24, 2.45) is 0 Å². The summed E-state index contributed by atoms with van der Waals surface area (Å²) < 4.78 is 6.20. The van der Waals surface area contributed by atoms with Crippen LogP contribution < -0.4 is 5.32 Å². The number of benzene rings is 1. The molecule has 1 saturated heterocycles. The lowest BCUT2D eigenvalue weighted by Crippen LogP contribution is -2.37. The summed E-state index contributed by atoms with van der Waals surface area (Å²) in [5.41, 5.74) is 1.01.